The summed E-state index contributed by atoms with van der Waals surface area (Å²) in [4.78, 5) is 14.0. The lowest BCUT2D eigenvalue weighted by Crippen LogP contribution is -2.48. The van der Waals surface area contributed by atoms with Gasteiger partial charge in [0.05, 0.1) is 0 Å². The van der Waals surface area contributed by atoms with Gasteiger partial charge in [0.15, 0.2) is 0 Å². The van der Waals surface area contributed by atoms with E-state index in [1.165, 1.54) is 5.75 Å². The highest BCUT2D eigenvalue weighted by Gasteiger charge is 2.30. The number of carbonyl (C=O) groups excluding carboxylic acids is 1. The fourth-order valence-electron chi connectivity index (χ4n) is 2.27. The maximum Gasteiger partial charge on any atom is 0.138 e. The smallest absolute Gasteiger partial charge is 0.138 e. The third-order valence-electron chi connectivity index (χ3n) is 3.45. The summed E-state index contributed by atoms with van der Waals surface area (Å²) in [6.07, 6.45) is 2.90. The maximum absolute atomic E-state index is 11.5. The van der Waals surface area contributed by atoms with Crippen molar-refractivity contribution in [1.29, 1.82) is 0 Å². The zero-order valence-corrected chi connectivity index (χ0v) is 11.1. The molecular weight excluding hydrogens is 206 g/mol. The van der Waals surface area contributed by atoms with Crippen molar-refractivity contribution in [2.75, 3.05) is 25.1 Å². The van der Waals surface area contributed by atoms with E-state index >= 15 is 0 Å². The van der Waals surface area contributed by atoms with Crippen LogP contribution in [-0.2, 0) is 4.79 Å². The van der Waals surface area contributed by atoms with Gasteiger partial charge < -0.3 is 0 Å². The molecule has 1 rings (SSSR count). The molecule has 88 valence electrons. The zero-order valence-electron chi connectivity index (χ0n) is 10.3. The minimum atomic E-state index is 0.222. The van der Waals surface area contributed by atoms with Crippen LogP contribution >= 0.6 is 11.8 Å². The van der Waals surface area contributed by atoms with Crippen LogP contribution in [0.4, 0.5) is 0 Å². The first kappa shape index (κ1) is 13.0. The van der Waals surface area contributed by atoms with E-state index < -0.39 is 0 Å². The average molecular weight is 229 g/mol. The standard InChI is InChI=1S/C12H23NOS/c1-9(8-15-4)7-13-6-5-12(14)10(2)11(13)3/h9-11H,5-8H2,1-4H3. The molecule has 2 nitrogen and oxygen atoms in total. The van der Waals surface area contributed by atoms with Gasteiger partial charge in [0.2, 0.25) is 0 Å². The van der Waals surface area contributed by atoms with Crippen molar-refractivity contribution < 1.29 is 4.79 Å². The van der Waals surface area contributed by atoms with Gasteiger partial charge in [-0.05, 0) is 24.9 Å². The second-order valence-electron chi connectivity index (χ2n) is 4.80. The predicted molar refractivity (Wildman–Crippen MR) is 67.4 cm³/mol. The van der Waals surface area contributed by atoms with Crippen LogP contribution in [0.25, 0.3) is 0 Å². The monoisotopic (exact) mass is 229 g/mol. The van der Waals surface area contributed by atoms with Gasteiger partial charge in [-0.15, -0.1) is 0 Å². The van der Waals surface area contributed by atoms with Crippen LogP contribution in [0, 0.1) is 11.8 Å². The van der Waals surface area contributed by atoms with E-state index in [1.807, 2.05) is 11.8 Å². The largest absolute Gasteiger partial charge is 0.299 e. The topological polar surface area (TPSA) is 20.3 Å². The SMILES string of the molecule is CSCC(C)CN1CCC(=O)C(C)C1C. The summed E-state index contributed by atoms with van der Waals surface area (Å²) >= 11 is 1.91. The number of ketones is 1. The van der Waals surface area contributed by atoms with Crippen LogP contribution in [0.2, 0.25) is 0 Å². The van der Waals surface area contributed by atoms with Gasteiger partial charge in [0.25, 0.3) is 0 Å². The van der Waals surface area contributed by atoms with Gasteiger partial charge in [-0.1, -0.05) is 13.8 Å². The van der Waals surface area contributed by atoms with Crippen molar-refractivity contribution in [1.82, 2.24) is 4.90 Å². The summed E-state index contributed by atoms with van der Waals surface area (Å²) in [6.45, 7) is 8.65. The van der Waals surface area contributed by atoms with Crippen LogP contribution in [0.1, 0.15) is 27.2 Å². The molecule has 1 saturated heterocycles. The van der Waals surface area contributed by atoms with Gasteiger partial charge in [-0.3, -0.25) is 9.69 Å². The van der Waals surface area contributed by atoms with Gasteiger partial charge in [-0.25, -0.2) is 0 Å². The van der Waals surface area contributed by atoms with Crippen molar-refractivity contribution in [3.05, 3.63) is 0 Å². The molecule has 0 aromatic carbocycles. The molecular formula is C12H23NOS. The maximum atomic E-state index is 11.5. The molecule has 0 amide bonds. The number of likely N-dealkylation sites (tertiary alicyclic amines) is 1. The summed E-state index contributed by atoms with van der Waals surface area (Å²) < 4.78 is 0. The number of Topliss-reactive ketones (excluding diaryl/α,β-unsaturated/α-hetero) is 1. The molecule has 1 aliphatic heterocycles. The quantitative estimate of drug-likeness (QED) is 0.737. The molecule has 0 aromatic heterocycles. The third kappa shape index (κ3) is 3.49. The van der Waals surface area contributed by atoms with E-state index in [9.17, 15) is 4.79 Å². The summed E-state index contributed by atoms with van der Waals surface area (Å²) in [5.74, 6) is 2.60. The lowest BCUT2D eigenvalue weighted by Gasteiger charge is -2.38. The van der Waals surface area contributed by atoms with Crippen LogP contribution in [-0.4, -0.2) is 41.8 Å². The van der Waals surface area contributed by atoms with Crippen LogP contribution in [0.5, 0.6) is 0 Å². The van der Waals surface area contributed by atoms with Crippen molar-refractivity contribution in [3.8, 4) is 0 Å². The van der Waals surface area contributed by atoms with Crippen LogP contribution in [0.15, 0.2) is 0 Å². The van der Waals surface area contributed by atoms with Crippen molar-refractivity contribution >= 4 is 17.5 Å². The summed E-state index contributed by atoms with van der Waals surface area (Å²) in [6, 6.07) is 0.426. The van der Waals surface area contributed by atoms with E-state index in [4.69, 9.17) is 0 Å². The molecule has 0 radical (unpaired) electrons. The molecule has 15 heavy (non-hydrogen) atoms. The van der Waals surface area contributed by atoms with Crippen molar-refractivity contribution in [2.45, 2.75) is 33.2 Å². The first-order valence-corrected chi connectivity index (χ1v) is 7.21. The molecule has 0 spiro atoms. The molecule has 1 heterocycles. The summed E-state index contributed by atoms with van der Waals surface area (Å²) in [5, 5.41) is 0. The Bertz CT molecular complexity index is 220. The normalized spacial score (nSPS) is 30.5. The fourth-order valence-corrected chi connectivity index (χ4v) is 2.94. The first-order valence-electron chi connectivity index (χ1n) is 5.82. The third-order valence-corrected chi connectivity index (χ3v) is 4.35. The van der Waals surface area contributed by atoms with Crippen LogP contribution < -0.4 is 0 Å². The predicted octanol–water partition coefficient (Wildman–Crippen LogP) is 2.28. The van der Waals surface area contributed by atoms with Crippen molar-refractivity contribution in [2.24, 2.45) is 11.8 Å². The fraction of sp³-hybridized carbons (Fsp3) is 0.917. The molecule has 3 atom stereocenters. The Balaban J connectivity index is 2.45. The number of thioether (sulfide) groups is 1. The Kier molecular flexibility index (Phi) is 5.13. The van der Waals surface area contributed by atoms with Gasteiger partial charge in [-0.2, -0.15) is 11.8 Å². The molecule has 0 aliphatic carbocycles. The highest BCUT2D eigenvalue weighted by atomic mass is 32.2. The molecule has 3 unspecified atom stereocenters. The Hall–Kier alpha value is -0.0200. The number of rotatable bonds is 4. The molecule has 0 bridgehead atoms. The van der Waals surface area contributed by atoms with E-state index in [1.54, 1.807) is 0 Å². The lowest BCUT2D eigenvalue weighted by molar-refractivity contribution is -0.128. The summed E-state index contributed by atoms with van der Waals surface area (Å²) in [5.41, 5.74) is 0. The van der Waals surface area contributed by atoms with E-state index in [0.29, 0.717) is 11.8 Å². The number of hydrogen-bond acceptors (Lipinski definition) is 3. The van der Waals surface area contributed by atoms with E-state index in [-0.39, 0.29) is 5.92 Å². The zero-order chi connectivity index (χ0) is 11.4. The average Bonchev–Trinajstić information content (AvgIpc) is 2.20. The number of nitrogens with zero attached hydrogens (tertiary/aromatic N) is 1. The number of carbonyl (C=O) groups is 1. The van der Waals surface area contributed by atoms with Crippen molar-refractivity contribution in [3.63, 3.8) is 0 Å². The van der Waals surface area contributed by atoms with E-state index in [0.717, 1.165) is 25.4 Å². The molecule has 0 aromatic rings. The number of piperidine rings is 1. The highest BCUT2D eigenvalue weighted by Crippen LogP contribution is 2.21. The van der Waals surface area contributed by atoms with Gasteiger partial charge in [0, 0.05) is 31.5 Å². The summed E-state index contributed by atoms with van der Waals surface area (Å²) in [7, 11) is 0. The lowest BCUT2D eigenvalue weighted by atomic mass is 9.90. The van der Waals surface area contributed by atoms with E-state index in [2.05, 4.69) is 31.9 Å². The molecule has 0 saturated carbocycles. The number of hydrogen-bond donors (Lipinski definition) is 0. The second-order valence-corrected chi connectivity index (χ2v) is 5.71. The molecule has 1 aliphatic rings. The van der Waals surface area contributed by atoms with Gasteiger partial charge >= 0.3 is 0 Å². The minimum absolute atomic E-state index is 0.222. The van der Waals surface area contributed by atoms with Crippen LogP contribution in [0.3, 0.4) is 0 Å². The Labute approximate surface area is 97.8 Å². The molecule has 0 N–H and O–H groups in total. The Morgan fingerprint density at radius 2 is 2.20 bits per heavy atom. The first-order chi connectivity index (χ1) is 7.06. The highest BCUT2D eigenvalue weighted by molar-refractivity contribution is 7.98. The second kappa shape index (κ2) is 5.90. The Morgan fingerprint density at radius 3 is 2.80 bits per heavy atom. The minimum Gasteiger partial charge on any atom is -0.299 e. The van der Waals surface area contributed by atoms with Gasteiger partial charge in [0.1, 0.15) is 5.78 Å². The Morgan fingerprint density at radius 1 is 1.53 bits per heavy atom. The molecule has 3 heteroatoms. The molecule has 1 fully saturated rings.